The summed E-state index contributed by atoms with van der Waals surface area (Å²) in [6, 6.07) is 21.0. The second kappa shape index (κ2) is 8.86. The Hall–Kier alpha value is -3.40. The highest BCUT2D eigenvalue weighted by Gasteiger charge is 2.48. The van der Waals surface area contributed by atoms with Crippen LogP contribution in [-0.2, 0) is 16.0 Å². The summed E-state index contributed by atoms with van der Waals surface area (Å²) in [6.45, 7) is 2.10. The van der Waals surface area contributed by atoms with Gasteiger partial charge >= 0.3 is 0 Å². The van der Waals surface area contributed by atoms with E-state index in [9.17, 15) is 14.7 Å². The quantitative estimate of drug-likeness (QED) is 0.301. The first-order chi connectivity index (χ1) is 16.1. The molecule has 1 atom stereocenters. The van der Waals surface area contributed by atoms with E-state index in [1.807, 2.05) is 66.7 Å². The minimum absolute atomic E-state index is 0.0175. The number of Topliss-reactive ketones (excluding diaryl/α,β-unsaturated/α-hetero) is 1. The van der Waals surface area contributed by atoms with Gasteiger partial charge in [-0.05, 0) is 41.2 Å². The number of aliphatic hydroxyl groups excluding tert-OH is 1. The molecule has 2 aliphatic rings. The molecule has 1 saturated carbocycles. The van der Waals surface area contributed by atoms with E-state index in [2.05, 4.69) is 6.92 Å². The van der Waals surface area contributed by atoms with Crippen molar-refractivity contribution in [3.05, 3.63) is 89.0 Å². The number of amides is 1. The lowest BCUT2D eigenvalue weighted by atomic mass is 9.90. The van der Waals surface area contributed by atoms with E-state index in [4.69, 9.17) is 0 Å². The van der Waals surface area contributed by atoms with Crippen molar-refractivity contribution >= 4 is 28.2 Å². The molecular weight excluding hydrogens is 410 g/mol. The van der Waals surface area contributed by atoms with E-state index >= 15 is 0 Å². The minimum Gasteiger partial charge on any atom is -0.507 e. The summed E-state index contributed by atoms with van der Waals surface area (Å²) in [6.07, 6.45) is 5.97. The topological polar surface area (TPSA) is 57.6 Å². The third-order valence-corrected chi connectivity index (χ3v) is 7.20. The first-order valence-corrected chi connectivity index (χ1v) is 12.0. The maximum absolute atomic E-state index is 13.4. The molecule has 4 nitrogen and oxygen atoms in total. The van der Waals surface area contributed by atoms with Crippen LogP contribution in [0.1, 0.15) is 61.8 Å². The smallest absolute Gasteiger partial charge is 0.295 e. The Morgan fingerprint density at radius 1 is 0.909 bits per heavy atom. The fraction of sp³-hybridized carbons (Fsp3) is 0.310. The highest BCUT2D eigenvalue weighted by Crippen LogP contribution is 2.43. The Labute approximate surface area is 194 Å². The van der Waals surface area contributed by atoms with Gasteiger partial charge in [0, 0.05) is 11.6 Å². The van der Waals surface area contributed by atoms with Crippen LogP contribution in [0.2, 0.25) is 0 Å². The molecule has 0 radical (unpaired) electrons. The lowest BCUT2D eigenvalue weighted by molar-refractivity contribution is -0.141. The number of rotatable bonds is 4. The molecule has 168 valence electrons. The Kier molecular flexibility index (Phi) is 5.76. The monoisotopic (exact) mass is 439 g/mol. The van der Waals surface area contributed by atoms with Crippen molar-refractivity contribution in [2.75, 3.05) is 0 Å². The number of hydrogen-bond donors (Lipinski definition) is 1. The van der Waals surface area contributed by atoms with Crippen LogP contribution in [0.15, 0.2) is 72.3 Å². The van der Waals surface area contributed by atoms with Crippen LogP contribution in [0.3, 0.4) is 0 Å². The molecule has 1 N–H and O–H groups in total. The fourth-order valence-corrected chi connectivity index (χ4v) is 5.43. The third-order valence-electron chi connectivity index (χ3n) is 7.20. The Bertz CT molecular complexity index is 1230. The third kappa shape index (κ3) is 3.74. The first kappa shape index (κ1) is 21.4. The normalized spacial score (nSPS) is 21.1. The van der Waals surface area contributed by atoms with Gasteiger partial charge in [0.1, 0.15) is 5.76 Å². The number of likely N-dealkylation sites (tertiary alicyclic amines) is 1. The van der Waals surface area contributed by atoms with Gasteiger partial charge in [-0.1, -0.05) is 92.9 Å². The van der Waals surface area contributed by atoms with Gasteiger partial charge in [-0.3, -0.25) is 9.59 Å². The van der Waals surface area contributed by atoms with E-state index in [0.717, 1.165) is 54.9 Å². The van der Waals surface area contributed by atoms with Crippen molar-refractivity contribution in [3.8, 4) is 0 Å². The average molecular weight is 440 g/mol. The molecule has 1 unspecified atom stereocenters. The maximum Gasteiger partial charge on any atom is 0.295 e. The van der Waals surface area contributed by atoms with Crippen LogP contribution < -0.4 is 0 Å². The van der Waals surface area contributed by atoms with Crippen LogP contribution in [0.4, 0.5) is 0 Å². The standard InChI is InChI=1S/C29H29NO3/c1-2-19-15-17-21(18-16-19)26-25(28(32)29(33)30(26)22-11-4-3-5-12-22)27(31)24-14-8-10-20-9-6-7-13-23(20)24/h6-10,13-18,22,26,31H,2-5,11-12H2,1H3/b27-25-. The van der Waals surface area contributed by atoms with Gasteiger partial charge in [-0.15, -0.1) is 0 Å². The second-order valence-electron chi connectivity index (χ2n) is 9.12. The summed E-state index contributed by atoms with van der Waals surface area (Å²) in [5.41, 5.74) is 2.86. The maximum atomic E-state index is 13.4. The zero-order chi connectivity index (χ0) is 22.9. The summed E-state index contributed by atoms with van der Waals surface area (Å²) in [7, 11) is 0. The summed E-state index contributed by atoms with van der Waals surface area (Å²) >= 11 is 0. The van der Waals surface area contributed by atoms with Crippen LogP contribution >= 0.6 is 0 Å². The number of aliphatic hydroxyl groups is 1. The SMILES string of the molecule is CCc1ccc(C2/C(=C(/O)c3cccc4ccccc34)C(=O)C(=O)N2C2CCCCC2)cc1. The lowest BCUT2D eigenvalue weighted by Gasteiger charge is -2.35. The highest BCUT2D eigenvalue weighted by molar-refractivity contribution is 6.46. The minimum atomic E-state index is -0.587. The summed E-state index contributed by atoms with van der Waals surface area (Å²) < 4.78 is 0. The number of carbonyl (C=O) groups excluding carboxylic acids is 2. The van der Waals surface area contributed by atoms with Crippen molar-refractivity contribution in [1.82, 2.24) is 4.90 Å². The van der Waals surface area contributed by atoms with Gasteiger partial charge in [0.05, 0.1) is 11.6 Å². The molecular formula is C29H29NO3. The summed E-state index contributed by atoms with van der Waals surface area (Å²) in [5, 5.41) is 13.4. The molecule has 1 saturated heterocycles. The van der Waals surface area contributed by atoms with Gasteiger partial charge in [-0.2, -0.15) is 0 Å². The zero-order valence-electron chi connectivity index (χ0n) is 19.0. The average Bonchev–Trinajstić information content (AvgIpc) is 3.14. The molecule has 3 aromatic carbocycles. The molecule has 1 aliphatic heterocycles. The number of nitrogens with zero attached hydrogens (tertiary/aromatic N) is 1. The zero-order valence-corrected chi connectivity index (χ0v) is 19.0. The highest BCUT2D eigenvalue weighted by atomic mass is 16.3. The van der Waals surface area contributed by atoms with E-state index in [1.165, 1.54) is 5.56 Å². The number of carbonyl (C=O) groups is 2. The molecule has 0 aromatic heterocycles. The van der Waals surface area contributed by atoms with Crippen LogP contribution in [-0.4, -0.2) is 27.7 Å². The Balaban J connectivity index is 1.70. The van der Waals surface area contributed by atoms with E-state index in [1.54, 1.807) is 4.90 Å². The molecule has 0 spiro atoms. The number of fused-ring (bicyclic) bond motifs is 1. The molecule has 3 aromatic rings. The number of aryl methyl sites for hydroxylation is 1. The number of hydrogen-bond acceptors (Lipinski definition) is 3. The van der Waals surface area contributed by atoms with Gasteiger partial charge < -0.3 is 10.0 Å². The van der Waals surface area contributed by atoms with Gasteiger partial charge in [0.2, 0.25) is 0 Å². The summed E-state index contributed by atoms with van der Waals surface area (Å²) in [4.78, 5) is 28.5. The van der Waals surface area contributed by atoms with E-state index < -0.39 is 17.7 Å². The largest absolute Gasteiger partial charge is 0.507 e. The molecule has 4 heteroatoms. The molecule has 2 fully saturated rings. The Morgan fingerprint density at radius 3 is 2.33 bits per heavy atom. The van der Waals surface area contributed by atoms with Crippen LogP contribution in [0, 0.1) is 0 Å². The van der Waals surface area contributed by atoms with E-state index in [0.29, 0.717) is 5.56 Å². The molecule has 5 rings (SSSR count). The first-order valence-electron chi connectivity index (χ1n) is 12.0. The second-order valence-corrected chi connectivity index (χ2v) is 9.12. The molecule has 1 heterocycles. The Morgan fingerprint density at radius 2 is 1.61 bits per heavy atom. The predicted octanol–water partition coefficient (Wildman–Crippen LogP) is 6.16. The van der Waals surface area contributed by atoms with Crippen LogP contribution in [0.25, 0.3) is 16.5 Å². The molecule has 1 amide bonds. The van der Waals surface area contributed by atoms with Gasteiger partial charge in [0.15, 0.2) is 0 Å². The van der Waals surface area contributed by atoms with Crippen molar-refractivity contribution in [1.29, 1.82) is 0 Å². The van der Waals surface area contributed by atoms with Crippen molar-refractivity contribution < 1.29 is 14.7 Å². The number of benzene rings is 3. The molecule has 1 aliphatic carbocycles. The van der Waals surface area contributed by atoms with Gasteiger partial charge in [0.25, 0.3) is 11.7 Å². The van der Waals surface area contributed by atoms with Crippen LogP contribution in [0.5, 0.6) is 0 Å². The number of ketones is 1. The molecule has 33 heavy (non-hydrogen) atoms. The van der Waals surface area contributed by atoms with Crippen molar-refractivity contribution in [3.63, 3.8) is 0 Å². The molecule has 0 bridgehead atoms. The fourth-order valence-electron chi connectivity index (χ4n) is 5.43. The van der Waals surface area contributed by atoms with Crippen molar-refractivity contribution in [2.24, 2.45) is 0 Å². The van der Waals surface area contributed by atoms with Crippen molar-refractivity contribution in [2.45, 2.75) is 57.5 Å². The predicted molar refractivity (Wildman–Crippen MR) is 131 cm³/mol. The lowest BCUT2D eigenvalue weighted by Crippen LogP contribution is -2.40. The summed E-state index contributed by atoms with van der Waals surface area (Å²) in [5.74, 6) is -1.17. The van der Waals surface area contributed by atoms with Gasteiger partial charge in [-0.25, -0.2) is 0 Å². The van der Waals surface area contributed by atoms with E-state index in [-0.39, 0.29) is 17.4 Å².